The van der Waals surface area contributed by atoms with E-state index in [4.69, 9.17) is 5.41 Å². The number of carbonyl (C=O) groups is 1. The molecule has 0 aromatic carbocycles. The highest BCUT2D eigenvalue weighted by atomic mass is 16.1. The molecule has 0 saturated heterocycles. The van der Waals surface area contributed by atoms with E-state index in [2.05, 4.69) is 20.8 Å². The topological polar surface area (TPSA) is 40.9 Å². The van der Waals surface area contributed by atoms with Crippen molar-refractivity contribution in [1.82, 2.24) is 0 Å². The van der Waals surface area contributed by atoms with Crippen molar-refractivity contribution in [2.75, 3.05) is 0 Å². The Kier molecular flexibility index (Phi) is 3.45. The molecule has 0 radical (unpaired) electrons. The first kappa shape index (κ1) is 16.3. The Morgan fingerprint density at radius 2 is 2.08 bits per heavy atom. The third-order valence-corrected chi connectivity index (χ3v) is 9.58. The Labute approximate surface area is 152 Å². The minimum absolute atomic E-state index is 0.376. The molecular weight excluding hydrogens is 306 g/mol. The van der Waals surface area contributed by atoms with Crippen LogP contribution >= 0.6 is 0 Å². The van der Waals surface area contributed by atoms with E-state index in [1.54, 1.807) is 0 Å². The third kappa shape index (κ3) is 1.97. The molecule has 0 amide bonds. The normalized spacial score (nSPS) is 56.2. The summed E-state index contributed by atoms with van der Waals surface area (Å²) in [7, 11) is 0. The molecule has 0 aromatic rings. The fraction of sp³-hybridized carbons (Fsp3) is 0.826. The maximum atomic E-state index is 12.0. The molecule has 0 aromatic heterocycles. The van der Waals surface area contributed by atoms with Gasteiger partial charge in [-0.15, -0.1) is 0 Å². The lowest BCUT2D eigenvalue weighted by atomic mass is 9.47. The second-order valence-corrected chi connectivity index (χ2v) is 10.2. The molecule has 2 heteroatoms. The van der Waals surface area contributed by atoms with Crippen molar-refractivity contribution in [1.29, 1.82) is 5.41 Å². The Bertz CT molecular complexity index is 650. The van der Waals surface area contributed by atoms with E-state index in [-0.39, 0.29) is 0 Å². The first-order chi connectivity index (χ1) is 12.0. The monoisotopic (exact) mass is 339 g/mol. The first-order valence-electron chi connectivity index (χ1n) is 10.7. The summed E-state index contributed by atoms with van der Waals surface area (Å²) in [6, 6.07) is 0. The quantitative estimate of drug-likeness (QED) is 0.696. The molecule has 0 spiro atoms. The summed E-state index contributed by atoms with van der Waals surface area (Å²) in [5, 5.41) is 8.12. The van der Waals surface area contributed by atoms with E-state index < -0.39 is 0 Å². The number of rotatable bonds is 2. The molecule has 0 unspecified atom stereocenters. The Balaban J connectivity index is 1.55. The van der Waals surface area contributed by atoms with E-state index in [0.717, 1.165) is 54.3 Å². The molecule has 4 saturated carbocycles. The van der Waals surface area contributed by atoms with Crippen LogP contribution in [-0.2, 0) is 4.79 Å². The van der Waals surface area contributed by atoms with Crippen LogP contribution in [0.1, 0.15) is 59.3 Å². The van der Waals surface area contributed by atoms with Gasteiger partial charge in [0.05, 0.1) is 0 Å². The number of nitrogens with one attached hydrogen (secondary N) is 1. The summed E-state index contributed by atoms with van der Waals surface area (Å²) < 4.78 is 0. The molecular formula is C23H33NO. The Hall–Kier alpha value is -0.920. The van der Waals surface area contributed by atoms with Crippen LogP contribution in [0.15, 0.2) is 11.6 Å². The van der Waals surface area contributed by atoms with Gasteiger partial charge in [0.15, 0.2) is 5.78 Å². The minimum Gasteiger partial charge on any atom is -0.313 e. The molecule has 1 N–H and O–H groups in total. The van der Waals surface area contributed by atoms with Crippen molar-refractivity contribution in [2.45, 2.75) is 59.3 Å². The zero-order chi connectivity index (χ0) is 17.5. The van der Waals surface area contributed by atoms with Crippen molar-refractivity contribution in [3.05, 3.63) is 11.6 Å². The number of allylic oxidation sites excluding steroid dienone is 1. The molecule has 136 valence electrons. The average molecular weight is 340 g/mol. The van der Waals surface area contributed by atoms with E-state index >= 15 is 0 Å². The van der Waals surface area contributed by atoms with Crippen LogP contribution < -0.4 is 0 Å². The number of ketones is 1. The standard InChI is InChI=1S/C23H33NO/c1-4-13-9-14-10-15(25)5-6-16(14)17-7-8-23(3)18(11-24)19-12(2)20(19)22(23)21(13)17/h10-13,16-22,24H,4-9H2,1-3H3/t12-,13+,16+,17-,18+,19-,20-,21-,22+,23-/m1/s1. The van der Waals surface area contributed by atoms with Gasteiger partial charge in [0.25, 0.3) is 0 Å². The maximum Gasteiger partial charge on any atom is 0.155 e. The lowest BCUT2D eigenvalue weighted by Gasteiger charge is -2.57. The van der Waals surface area contributed by atoms with E-state index in [0.29, 0.717) is 23.0 Å². The SMILES string of the molecule is CC[C@H]1CC2=CC(=O)CC[C@@H]2[C@H]2CC[C@@]3(C)[C@H]([C@H]12)[C@@H]1[C@H](C)[C@@H]1[C@@H]3C=N. The smallest absolute Gasteiger partial charge is 0.155 e. The van der Waals surface area contributed by atoms with E-state index in [1.165, 1.54) is 31.3 Å². The van der Waals surface area contributed by atoms with Crippen molar-refractivity contribution in [3.63, 3.8) is 0 Å². The lowest BCUT2D eigenvalue weighted by molar-refractivity contribution is -0.116. The molecule has 25 heavy (non-hydrogen) atoms. The van der Waals surface area contributed by atoms with Gasteiger partial charge in [-0.1, -0.05) is 32.8 Å². The summed E-state index contributed by atoms with van der Waals surface area (Å²) in [6.07, 6.45) is 10.9. The van der Waals surface area contributed by atoms with E-state index in [1.807, 2.05) is 12.3 Å². The van der Waals surface area contributed by atoms with Gasteiger partial charge < -0.3 is 5.41 Å². The summed E-state index contributed by atoms with van der Waals surface area (Å²) in [4.78, 5) is 12.0. The summed E-state index contributed by atoms with van der Waals surface area (Å²) in [6.45, 7) is 7.35. The van der Waals surface area contributed by atoms with Crippen LogP contribution in [0.5, 0.6) is 0 Å². The molecule has 5 rings (SSSR count). The van der Waals surface area contributed by atoms with Gasteiger partial charge in [0.1, 0.15) is 0 Å². The lowest BCUT2D eigenvalue weighted by Crippen LogP contribution is -2.51. The van der Waals surface area contributed by atoms with Gasteiger partial charge >= 0.3 is 0 Å². The highest BCUT2D eigenvalue weighted by molar-refractivity contribution is 5.91. The van der Waals surface area contributed by atoms with Gasteiger partial charge in [-0.25, -0.2) is 0 Å². The molecule has 0 bridgehead atoms. The van der Waals surface area contributed by atoms with Crippen LogP contribution in [0.25, 0.3) is 0 Å². The third-order valence-electron chi connectivity index (χ3n) is 9.58. The molecule has 5 aliphatic carbocycles. The van der Waals surface area contributed by atoms with Crippen LogP contribution in [0.2, 0.25) is 0 Å². The zero-order valence-electron chi connectivity index (χ0n) is 16.0. The van der Waals surface area contributed by atoms with Crippen molar-refractivity contribution in [2.24, 2.45) is 58.7 Å². The second-order valence-electron chi connectivity index (χ2n) is 10.2. The van der Waals surface area contributed by atoms with E-state index in [9.17, 15) is 4.79 Å². The zero-order valence-corrected chi connectivity index (χ0v) is 16.0. The largest absolute Gasteiger partial charge is 0.313 e. The number of hydrogen-bond donors (Lipinski definition) is 1. The molecule has 0 heterocycles. The molecule has 5 aliphatic rings. The van der Waals surface area contributed by atoms with Gasteiger partial charge in [0.2, 0.25) is 0 Å². The summed E-state index contributed by atoms with van der Waals surface area (Å²) in [5.41, 5.74) is 1.89. The van der Waals surface area contributed by atoms with Crippen molar-refractivity contribution in [3.8, 4) is 0 Å². The Morgan fingerprint density at radius 3 is 2.80 bits per heavy atom. The van der Waals surface area contributed by atoms with Crippen LogP contribution in [0, 0.1) is 64.1 Å². The van der Waals surface area contributed by atoms with Gasteiger partial charge in [-0.3, -0.25) is 4.79 Å². The maximum absolute atomic E-state index is 12.0. The van der Waals surface area contributed by atoms with Gasteiger partial charge in [0, 0.05) is 12.3 Å². The summed E-state index contributed by atoms with van der Waals surface area (Å²) in [5.74, 6) is 7.38. The number of carbonyl (C=O) groups excluding carboxylic acids is 1. The number of hydrogen-bond acceptors (Lipinski definition) is 2. The van der Waals surface area contributed by atoms with Crippen LogP contribution in [-0.4, -0.2) is 12.0 Å². The van der Waals surface area contributed by atoms with Crippen molar-refractivity contribution >= 4 is 12.0 Å². The fourth-order valence-electron chi connectivity index (χ4n) is 8.56. The minimum atomic E-state index is 0.376. The fourth-order valence-corrected chi connectivity index (χ4v) is 8.56. The second kappa shape index (κ2) is 5.30. The average Bonchev–Trinajstić information content (AvgIpc) is 3.13. The summed E-state index contributed by atoms with van der Waals surface area (Å²) >= 11 is 0. The predicted octanol–water partition coefficient (Wildman–Crippen LogP) is 5.13. The highest BCUT2D eigenvalue weighted by Gasteiger charge is 2.72. The van der Waals surface area contributed by atoms with Crippen LogP contribution in [0.4, 0.5) is 0 Å². The molecule has 10 atom stereocenters. The predicted molar refractivity (Wildman–Crippen MR) is 100 cm³/mol. The van der Waals surface area contributed by atoms with Crippen LogP contribution in [0.3, 0.4) is 0 Å². The van der Waals surface area contributed by atoms with Gasteiger partial charge in [-0.05, 0) is 90.7 Å². The Morgan fingerprint density at radius 1 is 1.28 bits per heavy atom. The first-order valence-corrected chi connectivity index (χ1v) is 10.7. The number of fused-ring (bicyclic) bond motifs is 7. The highest BCUT2D eigenvalue weighted by Crippen LogP contribution is 2.76. The van der Waals surface area contributed by atoms with Crippen molar-refractivity contribution < 1.29 is 4.79 Å². The van der Waals surface area contributed by atoms with Gasteiger partial charge in [-0.2, -0.15) is 0 Å². The molecule has 0 aliphatic heterocycles. The molecule has 4 fully saturated rings. The molecule has 2 nitrogen and oxygen atoms in total.